The molecule has 0 radical (unpaired) electrons. The number of fused-ring (bicyclic) bond motifs is 1. The normalized spacial score (nSPS) is 10.6. The van der Waals surface area contributed by atoms with Crippen LogP contribution in [0.25, 0.3) is 10.9 Å². The van der Waals surface area contributed by atoms with Crippen molar-refractivity contribution in [1.29, 1.82) is 0 Å². The van der Waals surface area contributed by atoms with Gasteiger partial charge in [0.25, 0.3) is 0 Å². The zero-order valence-electron chi connectivity index (χ0n) is 15.8. The molecule has 0 aliphatic rings. The van der Waals surface area contributed by atoms with E-state index in [4.69, 9.17) is 14.2 Å². The van der Waals surface area contributed by atoms with Crippen molar-refractivity contribution in [3.8, 4) is 11.5 Å². The van der Waals surface area contributed by atoms with Crippen LogP contribution in [0.15, 0.2) is 42.5 Å². The lowest BCUT2D eigenvalue weighted by atomic mass is 10.2. The Morgan fingerprint density at radius 2 is 1.81 bits per heavy atom. The topological polar surface area (TPSA) is 77.5 Å². The van der Waals surface area contributed by atoms with Gasteiger partial charge in [0.15, 0.2) is 0 Å². The van der Waals surface area contributed by atoms with Gasteiger partial charge < -0.3 is 24.8 Å². The second-order valence-electron chi connectivity index (χ2n) is 5.88. The number of aromatic nitrogens is 2. The van der Waals surface area contributed by atoms with E-state index in [9.17, 15) is 0 Å². The van der Waals surface area contributed by atoms with Crippen LogP contribution < -0.4 is 20.1 Å². The quantitative estimate of drug-likeness (QED) is 0.556. The third-order valence-corrected chi connectivity index (χ3v) is 4.08. The second kappa shape index (κ2) is 9.05. The van der Waals surface area contributed by atoms with Crippen molar-refractivity contribution >= 4 is 28.4 Å². The minimum atomic E-state index is 0.492. The fraction of sp³-hybridized carbons (Fsp3) is 0.300. The number of hydrogen-bond donors (Lipinski definition) is 2. The van der Waals surface area contributed by atoms with E-state index >= 15 is 0 Å². The van der Waals surface area contributed by atoms with Crippen LogP contribution in [-0.2, 0) is 4.74 Å². The fourth-order valence-corrected chi connectivity index (χ4v) is 2.71. The van der Waals surface area contributed by atoms with E-state index in [1.54, 1.807) is 21.3 Å². The highest BCUT2D eigenvalue weighted by atomic mass is 16.5. The summed E-state index contributed by atoms with van der Waals surface area (Å²) in [6, 6.07) is 13.5. The molecule has 0 spiro atoms. The summed E-state index contributed by atoms with van der Waals surface area (Å²) in [6.45, 7) is 1.46. The first kappa shape index (κ1) is 18.7. The predicted molar refractivity (Wildman–Crippen MR) is 107 cm³/mol. The molecule has 0 bridgehead atoms. The van der Waals surface area contributed by atoms with Gasteiger partial charge in [0, 0.05) is 31.7 Å². The lowest BCUT2D eigenvalue weighted by Gasteiger charge is -2.14. The highest BCUT2D eigenvalue weighted by Crippen LogP contribution is 2.31. The summed E-state index contributed by atoms with van der Waals surface area (Å²) in [4.78, 5) is 9.27. The maximum absolute atomic E-state index is 5.44. The molecule has 3 rings (SSSR count). The smallest absolute Gasteiger partial charge is 0.229 e. The maximum Gasteiger partial charge on any atom is 0.229 e. The van der Waals surface area contributed by atoms with Gasteiger partial charge in [-0.2, -0.15) is 4.98 Å². The summed E-state index contributed by atoms with van der Waals surface area (Å²) in [6.07, 6.45) is 0.893. The van der Waals surface area contributed by atoms with Gasteiger partial charge in [-0.15, -0.1) is 0 Å². The number of hydrogen-bond acceptors (Lipinski definition) is 7. The summed E-state index contributed by atoms with van der Waals surface area (Å²) in [5.74, 6) is 2.65. The lowest BCUT2D eigenvalue weighted by molar-refractivity contribution is 0.198. The van der Waals surface area contributed by atoms with Crippen LogP contribution in [0.1, 0.15) is 6.42 Å². The molecule has 0 amide bonds. The molecule has 0 saturated carbocycles. The van der Waals surface area contributed by atoms with Crippen LogP contribution in [0.4, 0.5) is 17.5 Å². The number of rotatable bonds is 9. The van der Waals surface area contributed by atoms with Crippen LogP contribution >= 0.6 is 0 Å². The number of nitrogens with one attached hydrogen (secondary N) is 2. The van der Waals surface area contributed by atoms with Crippen molar-refractivity contribution < 1.29 is 14.2 Å². The van der Waals surface area contributed by atoms with Crippen LogP contribution in [0.3, 0.4) is 0 Å². The number of ether oxygens (including phenoxy) is 3. The minimum absolute atomic E-state index is 0.492. The highest BCUT2D eigenvalue weighted by molar-refractivity contribution is 5.90. The van der Waals surface area contributed by atoms with Crippen LogP contribution in [-0.4, -0.2) is 44.4 Å². The van der Waals surface area contributed by atoms with Gasteiger partial charge in [0.2, 0.25) is 5.95 Å². The molecule has 7 heteroatoms. The molecule has 2 aromatic carbocycles. The number of methoxy groups -OCH3 is 3. The van der Waals surface area contributed by atoms with Crippen molar-refractivity contribution in [2.75, 3.05) is 45.1 Å². The molecule has 0 aliphatic heterocycles. The largest absolute Gasteiger partial charge is 0.497 e. The van der Waals surface area contributed by atoms with Gasteiger partial charge >= 0.3 is 0 Å². The van der Waals surface area contributed by atoms with E-state index in [-0.39, 0.29) is 0 Å². The van der Waals surface area contributed by atoms with Gasteiger partial charge in [-0.25, -0.2) is 4.98 Å². The molecular formula is C20H24N4O3. The van der Waals surface area contributed by atoms with Gasteiger partial charge in [-0.05, 0) is 30.7 Å². The molecule has 0 fully saturated rings. The standard InChI is InChI=1S/C20H24N4O3/c1-25-12-6-11-21-19-15-7-4-5-8-16(15)22-20(24-19)23-17-10-9-14(26-2)13-18(17)27-3/h4-5,7-10,13H,6,11-12H2,1-3H3,(H2,21,22,23,24). The summed E-state index contributed by atoms with van der Waals surface area (Å²) in [7, 11) is 4.93. The minimum Gasteiger partial charge on any atom is -0.497 e. The number of anilines is 3. The maximum atomic E-state index is 5.44. The number of nitrogens with zero attached hydrogens (tertiary/aromatic N) is 2. The van der Waals surface area contributed by atoms with Crippen LogP contribution in [0.5, 0.6) is 11.5 Å². The Morgan fingerprint density at radius 1 is 0.963 bits per heavy atom. The monoisotopic (exact) mass is 368 g/mol. The Morgan fingerprint density at radius 3 is 2.59 bits per heavy atom. The molecule has 3 aromatic rings. The van der Waals surface area contributed by atoms with Crippen molar-refractivity contribution in [2.24, 2.45) is 0 Å². The molecule has 0 atom stereocenters. The van der Waals surface area contributed by atoms with Crippen LogP contribution in [0, 0.1) is 0 Å². The van der Waals surface area contributed by atoms with Crippen molar-refractivity contribution in [3.05, 3.63) is 42.5 Å². The average molecular weight is 368 g/mol. The Kier molecular flexibility index (Phi) is 6.27. The van der Waals surface area contributed by atoms with Crippen molar-refractivity contribution in [1.82, 2.24) is 9.97 Å². The average Bonchev–Trinajstić information content (AvgIpc) is 2.71. The molecule has 0 unspecified atom stereocenters. The lowest BCUT2D eigenvalue weighted by Crippen LogP contribution is -2.08. The van der Waals surface area contributed by atoms with Gasteiger partial charge in [0.1, 0.15) is 17.3 Å². The van der Waals surface area contributed by atoms with Gasteiger partial charge in [-0.1, -0.05) is 12.1 Å². The second-order valence-corrected chi connectivity index (χ2v) is 5.88. The van der Waals surface area contributed by atoms with E-state index in [1.807, 2.05) is 42.5 Å². The Hall–Kier alpha value is -3.06. The van der Waals surface area contributed by atoms with E-state index in [0.717, 1.165) is 41.1 Å². The Bertz CT molecular complexity index is 902. The van der Waals surface area contributed by atoms with Crippen molar-refractivity contribution in [3.63, 3.8) is 0 Å². The Labute approximate surface area is 158 Å². The number of para-hydroxylation sites is 1. The summed E-state index contributed by atoms with van der Waals surface area (Å²) in [5, 5.41) is 7.59. The first-order valence-electron chi connectivity index (χ1n) is 8.74. The predicted octanol–water partition coefficient (Wildman–Crippen LogP) is 3.84. The summed E-state index contributed by atoms with van der Waals surface area (Å²) < 4.78 is 15.8. The molecule has 142 valence electrons. The zero-order chi connectivity index (χ0) is 19.1. The SMILES string of the molecule is COCCCNc1nc(Nc2ccc(OC)cc2OC)nc2ccccc12. The molecule has 0 aliphatic carbocycles. The van der Waals surface area contributed by atoms with Crippen LogP contribution in [0.2, 0.25) is 0 Å². The molecule has 0 saturated heterocycles. The van der Waals surface area contributed by atoms with Crippen molar-refractivity contribution in [2.45, 2.75) is 6.42 Å². The first-order valence-corrected chi connectivity index (χ1v) is 8.74. The molecule has 1 heterocycles. The molecule has 2 N–H and O–H groups in total. The third kappa shape index (κ3) is 4.57. The summed E-state index contributed by atoms with van der Waals surface area (Å²) in [5.41, 5.74) is 1.62. The molecule has 27 heavy (non-hydrogen) atoms. The van der Waals surface area contributed by atoms with E-state index < -0.39 is 0 Å². The van der Waals surface area contributed by atoms with Gasteiger partial charge in [0.05, 0.1) is 25.4 Å². The van der Waals surface area contributed by atoms with E-state index in [1.165, 1.54) is 0 Å². The fourth-order valence-electron chi connectivity index (χ4n) is 2.71. The van der Waals surface area contributed by atoms with E-state index in [2.05, 4.69) is 20.6 Å². The third-order valence-electron chi connectivity index (χ3n) is 4.08. The first-order chi connectivity index (χ1) is 13.2. The van der Waals surface area contributed by atoms with Gasteiger partial charge in [-0.3, -0.25) is 0 Å². The Balaban J connectivity index is 1.90. The highest BCUT2D eigenvalue weighted by Gasteiger charge is 2.10. The number of benzene rings is 2. The molecule has 7 nitrogen and oxygen atoms in total. The summed E-state index contributed by atoms with van der Waals surface area (Å²) >= 11 is 0. The zero-order valence-corrected chi connectivity index (χ0v) is 15.8. The van der Waals surface area contributed by atoms with E-state index in [0.29, 0.717) is 18.3 Å². The molecular weight excluding hydrogens is 344 g/mol. The molecule has 1 aromatic heterocycles.